The number of pyridine rings is 1. The first-order valence-corrected chi connectivity index (χ1v) is 7.84. The van der Waals surface area contributed by atoms with Crippen LogP contribution < -0.4 is 5.43 Å². The number of nitrogens with one attached hydrogen (secondary N) is 1. The van der Waals surface area contributed by atoms with Crippen LogP contribution in [0, 0.1) is 0 Å². The molecular weight excluding hydrogens is 262 g/mol. The summed E-state index contributed by atoms with van der Waals surface area (Å²) in [5.41, 5.74) is 1.95. The van der Waals surface area contributed by atoms with Crippen molar-refractivity contribution in [2.45, 2.75) is 59.0 Å². The molecule has 116 valence electrons. The van der Waals surface area contributed by atoms with E-state index in [2.05, 4.69) is 11.9 Å². The third-order valence-electron chi connectivity index (χ3n) is 3.48. The fraction of sp³-hybridized carbons (Fsp3) is 0.500. The van der Waals surface area contributed by atoms with E-state index in [1.54, 1.807) is 6.08 Å². The number of unbranched alkanes of at least 4 members (excludes halogenated alkanes) is 3. The zero-order chi connectivity index (χ0) is 15.7. The SMILES string of the molecule is C/C=C\c1[nH]c(C(O)CCCCCC)cc(=O)c1/C=C\C. The lowest BCUT2D eigenvalue weighted by Gasteiger charge is -2.13. The van der Waals surface area contributed by atoms with E-state index in [4.69, 9.17) is 0 Å². The molecular formula is C18H27NO2. The van der Waals surface area contributed by atoms with Crippen molar-refractivity contribution in [2.75, 3.05) is 0 Å². The van der Waals surface area contributed by atoms with Gasteiger partial charge in [0.1, 0.15) is 0 Å². The van der Waals surface area contributed by atoms with Crippen LogP contribution in [0.3, 0.4) is 0 Å². The van der Waals surface area contributed by atoms with Crippen molar-refractivity contribution in [2.24, 2.45) is 0 Å². The summed E-state index contributed by atoms with van der Waals surface area (Å²) in [7, 11) is 0. The Kier molecular flexibility index (Phi) is 7.76. The number of hydrogen-bond acceptors (Lipinski definition) is 2. The molecule has 1 aromatic heterocycles. The lowest BCUT2D eigenvalue weighted by atomic mass is 10.0. The number of aromatic amines is 1. The van der Waals surface area contributed by atoms with Crippen molar-refractivity contribution in [1.29, 1.82) is 0 Å². The van der Waals surface area contributed by atoms with Crippen LogP contribution in [0.1, 0.15) is 75.9 Å². The molecule has 0 radical (unpaired) electrons. The maximum Gasteiger partial charge on any atom is 0.189 e. The average molecular weight is 289 g/mol. The summed E-state index contributed by atoms with van der Waals surface area (Å²) in [6, 6.07) is 1.52. The van der Waals surface area contributed by atoms with Gasteiger partial charge in [0, 0.05) is 23.0 Å². The van der Waals surface area contributed by atoms with Crippen molar-refractivity contribution in [3.05, 3.63) is 45.4 Å². The highest BCUT2D eigenvalue weighted by atomic mass is 16.3. The van der Waals surface area contributed by atoms with Crippen LogP contribution in [0.5, 0.6) is 0 Å². The van der Waals surface area contributed by atoms with Crippen LogP contribution in [0.15, 0.2) is 23.0 Å². The molecule has 1 unspecified atom stereocenters. The third kappa shape index (κ3) is 5.35. The Hall–Kier alpha value is -1.61. The Morgan fingerprint density at radius 1 is 1.19 bits per heavy atom. The van der Waals surface area contributed by atoms with Crippen LogP contribution in [0.25, 0.3) is 12.2 Å². The summed E-state index contributed by atoms with van der Waals surface area (Å²) >= 11 is 0. The number of aliphatic hydroxyl groups is 1. The lowest BCUT2D eigenvalue weighted by Crippen LogP contribution is -2.13. The van der Waals surface area contributed by atoms with Gasteiger partial charge in [-0.1, -0.05) is 50.8 Å². The molecule has 0 bridgehead atoms. The molecule has 2 N–H and O–H groups in total. The smallest absolute Gasteiger partial charge is 0.189 e. The van der Waals surface area contributed by atoms with Gasteiger partial charge in [-0.2, -0.15) is 0 Å². The summed E-state index contributed by atoms with van der Waals surface area (Å²) in [6.07, 6.45) is 11.9. The number of H-pyrrole nitrogens is 1. The first-order valence-electron chi connectivity index (χ1n) is 7.84. The van der Waals surface area contributed by atoms with Gasteiger partial charge < -0.3 is 10.1 Å². The average Bonchev–Trinajstić information content (AvgIpc) is 2.47. The summed E-state index contributed by atoms with van der Waals surface area (Å²) in [5.74, 6) is 0. The van der Waals surface area contributed by atoms with E-state index in [9.17, 15) is 9.90 Å². The summed E-state index contributed by atoms with van der Waals surface area (Å²) in [6.45, 7) is 5.96. The molecule has 3 nitrogen and oxygen atoms in total. The molecule has 0 spiro atoms. The summed E-state index contributed by atoms with van der Waals surface area (Å²) in [5, 5.41) is 10.2. The van der Waals surface area contributed by atoms with Crippen molar-refractivity contribution in [3.8, 4) is 0 Å². The van der Waals surface area contributed by atoms with Crippen LogP contribution in [-0.4, -0.2) is 10.1 Å². The quantitative estimate of drug-likeness (QED) is 0.695. The van der Waals surface area contributed by atoms with Gasteiger partial charge >= 0.3 is 0 Å². The molecule has 0 fully saturated rings. The maximum absolute atomic E-state index is 12.2. The molecule has 3 heteroatoms. The van der Waals surface area contributed by atoms with Crippen LogP contribution in [0.2, 0.25) is 0 Å². The van der Waals surface area contributed by atoms with Crippen molar-refractivity contribution in [1.82, 2.24) is 4.98 Å². The van der Waals surface area contributed by atoms with Gasteiger partial charge in [-0.15, -0.1) is 0 Å². The Balaban J connectivity index is 2.96. The molecule has 1 atom stereocenters. The maximum atomic E-state index is 12.2. The van der Waals surface area contributed by atoms with E-state index in [0.717, 1.165) is 18.5 Å². The molecule has 0 saturated carbocycles. The number of aliphatic hydroxyl groups excluding tert-OH is 1. The van der Waals surface area contributed by atoms with Gasteiger partial charge in [-0.3, -0.25) is 4.79 Å². The standard InChI is InChI=1S/C18H27NO2/c1-4-7-8-9-12-17(20)16-13-18(21)14(10-5-2)15(19-16)11-6-3/h5-6,10-11,13,17,20H,4,7-9,12H2,1-3H3,(H,19,21)/b10-5-,11-6-. The fourth-order valence-electron chi connectivity index (χ4n) is 2.35. The number of aromatic nitrogens is 1. The van der Waals surface area contributed by atoms with Gasteiger partial charge in [0.2, 0.25) is 0 Å². The highest BCUT2D eigenvalue weighted by Gasteiger charge is 2.12. The van der Waals surface area contributed by atoms with Crippen molar-refractivity contribution >= 4 is 12.2 Å². The van der Waals surface area contributed by atoms with Gasteiger partial charge in [-0.25, -0.2) is 0 Å². The molecule has 0 aliphatic rings. The van der Waals surface area contributed by atoms with E-state index in [-0.39, 0.29) is 5.43 Å². The zero-order valence-electron chi connectivity index (χ0n) is 13.4. The second-order valence-corrected chi connectivity index (χ2v) is 5.28. The molecule has 21 heavy (non-hydrogen) atoms. The number of rotatable bonds is 8. The van der Waals surface area contributed by atoms with Gasteiger partial charge in [0.25, 0.3) is 0 Å². The molecule has 0 aliphatic carbocycles. The normalized spacial score (nSPS) is 13.3. The lowest BCUT2D eigenvalue weighted by molar-refractivity contribution is 0.158. The third-order valence-corrected chi connectivity index (χ3v) is 3.48. The minimum absolute atomic E-state index is 0.0532. The minimum Gasteiger partial charge on any atom is -0.387 e. The van der Waals surface area contributed by atoms with Crippen LogP contribution >= 0.6 is 0 Å². The second-order valence-electron chi connectivity index (χ2n) is 5.28. The van der Waals surface area contributed by atoms with Gasteiger partial charge in [0.05, 0.1) is 6.10 Å². The van der Waals surface area contributed by atoms with E-state index in [1.807, 2.05) is 32.1 Å². The molecule has 0 aliphatic heterocycles. The highest BCUT2D eigenvalue weighted by Crippen LogP contribution is 2.19. The topological polar surface area (TPSA) is 53.1 Å². The number of hydrogen-bond donors (Lipinski definition) is 2. The van der Waals surface area contributed by atoms with E-state index >= 15 is 0 Å². The van der Waals surface area contributed by atoms with Gasteiger partial charge in [-0.05, 0) is 26.3 Å². The molecule has 0 aromatic carbocycles. The predicted octanol–water partition coefficient (Wildman–Crippen LogP) is 4.44. The van der Waals surface area contributed by atoms with Crippen molar-refractivity contribution in [3.63, 3.8) is 0 Å². The fourth-order valence-corrected chi connectivity index (χ4v) is 2.35. The largest absolute Gasteiger partial charge is 0.387 e. The second kappa shape index (κ2) is 9.35. The molecule has 0 amide bonds. The molecule has 1 aromatic rings. The predicted molar refractivity (Wildman–Crippen MR) is 90.2 cm³/mol. The molecule has 1 heterocycles. The minimum atomic E-state index is -0.599. The van der Waals surface area contributed by atoms with Crippen LogP contribution in [-0.2, 0) is 0 Å². The Morgan fingerprint density at radius 2 is 1.90 bits per heavy atom. The van der Waals surface area contributed by atoms with Crippen molar-refractivity contribution < 1.29 is 5.11 Å². The Labute approximate surface area is 127 Å². The van der Waals surface area contributed by atoms with E-state index in [0.29, 0.717) is 17.7 Å². The summed E-state index contributed by atoms with van der Waals surface area (Å²) < 4.78 is 0. The Morgan fingerprint density at radius 3 is 2.52 bits per heavy atom. The number of allylic oxidation sites excluding steroid dienone is 2. The van der Waals surface area contributed by atoms with Crippen LogP contribution in [0.4, 0.5) is 0 Å². The highest BCUT2D eigenvalue weighted by molar-refractivity contribution is 5.62. The molecule has 1 rings (SSSR count). The zero-order valence-corrected chi connectivity index (χ0v) is 13.4. The monoisotopic (exact) mass is 289 g/mol. The summed E-state index contributed by atoms with van der Waals surface area (Å²) in [4.78, 5) is 15.4. The first-order chi connectivity index (χ1) is 10.1. The Bertz CT molecular complexity index is 541. The van der Waals surface area contributed by atoms with E-state index in [1.165, 1.54) is 18.9 Å². The van der Waals surface area contributed by atoms with Gasteiger partial charge in [0.15, 0.2) is 5.43 Å². The van der Waals surface area contributed by atoms with E-state index < -0.39 is 6.10 Å². The molecule has 0 saturated heterocycles. The first kappa shape index (κ1) is 17.4.